The molecule has 0 spiro atoms. The summed E-state index contributed by atoms with van der Waals surface area (Å²) in [5.41, 5.74) is 0.357. The van der Waals surface area contributed by atoms with E-state index in [9.17, 15) is 17.2 Å². The molecule has 130 valence electrons. The number of benzene rings is 1. The highest BCUT2D eigenvalue weighted by molar-refractivity contribution is 7.91. The Bertz CT molecular complexity index is 612. The topological polar surface area (TPSA) is 46.6 Å². The molecule has 1 heterocycles. The molecule has 0 saturated carbocycles. The minimum absolute atomic E-state index is 0.146. The van der Waals surface area contributed by atoms with Gasteiger partial charge in [-0.25, -0.2) is 8.42 Å². The first-order valence-corrected chi connectivity index (χ1v) is 9.34. The summed E-state index contributed by atoms with van der Waals surface area (Å²) in [6, 6.07) is 5.97. The quantitative estimate of drug-likeness (QED) is 0.792. The average molecular weight is 347 g/mol. The highest BCUT2D eigenvalue weighted by Gasteiger charge is 2.31. The van der Waals surface area contributed by atoms with E-state index in [4.69, 9.17) is 4.74 Å². The van der Waals surface area contributed by atoms with Crippen LogP contribution >= 0.6 is 0 Å². The van der Waals surface area contributed by atoms with E-state index < -0.39 is 15.6 Å². The molecule has 1 aromatic rings. The molecule has 0 N–H and O–H groups in total. The molecule has 0 aromatic heterocycles. The van der Waals surface area contributed by atoms with Gasteiger partial charge in [0.05, 0.1) is 16.7 Å². The van der Waals surface area contributed by atoms with Gasteiger partial charge in [0.25, 0.3) is 0 Å². The summed E-state index contributed by atoms with van der Waals surface area (Å²) >= 11 is 0. The van der Waals surface area contributed by atoms with Crippen LogP contribution in [0.4, 0.5) is 14.5 Å². The van der Waals surface area contributed by atoms with Gasteiger partial charge in [0.2, 0.25) is 9.84 Å². The maximum Gasteiger partial charge on any atom is 0.341 e. The highest BCUT2D eigenvalue weighted by atomic mass is 32.2. The van der Waals surface area contributed by atoms with Crippen molar-refractivity contribution in [1.82, 2.24) is 0 Å². The fraction of sp³-hybridized carbons (Fsp3) is 0.625. The van der Waals surface area contributed by atoms with Gasteiger partial charge < -0.3 is 9.64 Å². The van der Waals surface area contributed by atoms with E-state index in [0.29, 0.717) is 31.3 Å². The van der Waals surface area contributed by atoms with Crippen molar-refractivity contribution in [3.8, 4) is 0 Å². The van der Waals surface area contributed by atoms with Crippen LogP contribution in [0.25, 0.3) is 0 Å². The SMILES string of the molecule is CC(C)COC1CCN(c2ccccc2S(=O)(=O)C(F)F)CC1. The monoisotopic (exact) mass is 347 g/mol. The summed E-state index contributed by atoms with van der Waals surface area (Å²) in [6.07, 6.45) is 1.67. The Balaban J connectivity index is 2.10. The Morgan fingerprint density at radius 1 is 1.22 bits per heavy atom. The first-order chi connectivity index (χ1) is 10.8. The zero-order valence-electron chi connectivity index (χ0n) is 13.4. The molecule has 1 fully saturated rings. The van der Waals surface area contributed by atoms with Gasteiger partial charge in [-0.05, 0) is 30.9 Å². The van der Waals surface area contributed by atoms with E-state index in [-0.39, 0.29) is 11.0 Å². The first-order valence-electron chi connectivity index (χ1n) is 7.80. The van der Waals surface area contributed by atoms with E-state index in [2.05, 4.69) is 13.8 Å². The maximum absolute atomic E-state index is 12.9. The molecule has 7 heteroatoms. The van der Waals surface area contributed by atoms with Crippen LogP contribution in [-0.4, -0.2) is 40.0 Å². The second kappa shape index (κ2) is 7.57. The summed E-state index contributed by atoms with van der Waals surface area (Å²) in [4.78, 5) is 1.56. The van der Waals surface area contributed by atoms with E-state index >= 15 is 0 Å². The molecule has 2 rings (SSSR count). The van der Waals surface area contributed by atoms with Crippen molar-refractivity contribution in [1.29, 1.82) is 0 Å². The zero-order chi connectivity index (χ0) is 17.0. The smallest absolute Gasteiger partial charge is 0.341 e. The van der Waals surface area contributed by atoms with Crippen LogP contribution in [0.3, 0.4) is 0 Å². The number of halogens is 2. The molecule has 0 unspecified atom stereocenters. The van der Waals surface area contributed by atoms with Crippen LogP contribution in [-0.2, 0) is 14.6 Å². The fourth-order valence-electron chi connectivity index (χ4n) is 2.65. The zero-order valence-corrected chi connectivity index (χ0v) is 14.2. The van der Waals surface area contributed by atoms with Crippen LogP contribution < -0.4 is 4.90 Å². The van der Waals surface area contributed by atoms with E-state index in [1.807, 2.05) is 4.90 Å². The first kappa shape index (κ1) is 18.1. The van der Waals surface area contributed by atoms with Gasteiger partial charge in [0.15, 0.2) is 0 Å². The molecule has 0 radical (unpaired) electrons. The number of para-hydroxylation sites is 1. The third-order valence-corrected chi connectivity index (χ3v) is 5.28. The van der Waals surface area contributed by atoms with Gasteiger partial charge in [0.1, 0.15) is 0 Å². The summed E-state index contributed by atoms with van der Waals surface area (Å²) in [6.45, 7) is 6.05. The standard InChI is InChI=1S/C16H23F2NO3S/c1-12(2)11-22-13-7-9-19(10-8-13)14-5-3-4-6-15(14)23(20,21)16(17)18/h3-6,12-13,16H,7-11H2,1-2H3. The van der Waals surface area contributed by atoms with Crippen LogP contribution in [0.2, 0.25) is 0 Å². The second-order valence-corrected chi connectivity index (χ2v) is 8.07. The van der Waals surface area contributed by atoms with Crippen molar-refractivity contribution < 1.29 is 21.9 Å². The lowest BCUT2D eigenvalue weighted by Gasteiger charge is -2.34. The van der Waals surface area contributed by atoms with Gasteiger partial charge in [-0.3, -0.25) is 0 Å². The fourth-order valence-corrected chi connectivity index (χ4v) is 3.60. The lowest BCUT2D eigenvalue weighted by Crippen LogP contribution is -2.38. The molecular weight excluding hydrogens is 324 g/mol. The van der Waals surface area contributed by atoms with Crippen molar-refractivity contribution in [2.24, 2.45) is 5.92 Å². The Hall–Kier alpha value is -1.21. The Morgan fingerprint density at radius 2 is 1.83 bits per heavy atom. The number of piperidine rings is 1. The van der Waals surface area contributed by atoms with Crippen molar-refractivity contribution >= 4 is 15.5 Å². The van der Waals surface area contributed by atoms with Crippen LogP contribution in [0.15, 0.2) is 29.2 Å². The minimum atomic E-state index is -4.60. The normalized spacial score (nSPS) is 17.2. The van der Waals surface area contributed by atoms with E-state index in [1.54, 1.807) is 12.1 Å². The van der Waals surface area contributed by atoms with Gasteiger partial charge in [-0.15, -0.1) is 0 Å². The number of hydrogen-bond acceptors (Lipinski definition) is 4. The van der Waals surface area contributed by atoms with Crippen molar-refractivity contribution in [2.75, 3.05) is 24.6 Å². The predicted molar refractivity (Wildman–Crippen MR) is 85.7 cm³/mol. The number of rotatable bonds is 6. The van der Waals surface area contributed by atoms with Crippen LogP contribution in [0.1, 0.15) is 26.7 Å². The molecule has 1 aliphatic heterocycles. The Morgan fingerprint density at radius 3 is 2.39 bits per heavy atom. The molecule has 0 atom stereocenters. The number of alkyl halides is 2. The molecule has 1 saturated heterocycles. The van der Waals surface area contributed by atoms with Gasteiger partial charge in [-0.2, -0.15) is 8.78 Å². The number of nitrogens with zero attached hydrogens (tertiary/aromatic N) is 1. The maximum atomic E-state index is 12.9. The van der Waals surface area contributed by atoms with Crippen molar-refractivity contribution in [2.45, 2.75) is 43.4 Å². The summed E-state index contributed by atoms with van der Waals surface area (Å²) in [5, 5.41) is 0. The van der Waals surface area contributed by atoms with Gasteiger partial charge >= 0.3 is 5.76 Å². The number of sulfone groups is 1. The minimum Gasteiger partial charge on any atom is -0.378 e. The lowest BCUT2D eigenvalue weighted by molar-refractivity contribution is 0.0214. The number of hydrogen-bond donors (Lipinski definition) is 0. The Labute approximate surface area is 136 Å². The van der Waals surface area contributed by atoms with Crippen LogP contribution in [0.5, 0.6) is 0 Å². The molecule has 0 amide bonds. The summed E-state index contributed by atoms with van der Waals surface area (Å²) < 4.78 is 55.2. The molecule has 23 heavy (non-hydrogen) atoms. The van der Waals surface area contributed by atoms with Crippen molar-refractivity contribution in [3.63, 3.8) is 0 Å². The Kier molecular flexibility index (Phi) is 5.97. The van der Waals surface area contributed by atoms with Gasteiger partial charge in [0, 0.05) is 19.7 Å². The van der Waals surface area contributed by atoms with Crippen LogP contribution in [0, 0.1) is 5.92 Å². The largest absolute Gasteiger partial charge is 0.378 e. The summed E-state index contributed by atoms with van der Waals surface area (Å²) in [7, 11) is -4.60. The average Bonchev–Trinajstić information content (AvgIpc) is 2.53. The molecule has 0 bridgehead atoms. The molecule has 1 aliphatic rings. The molecule has 0 aliphatic carbocycles. The highest BCUT2D eigenvalue weighted by Crippen LogP contribution is 2.31. The second-order valence-electron chi connectivity index (χ2n) is 6.19. The van der Waals surface area contributed by atoms with Gasteiger partial charge in [-0.1, -0.05) is 26.0 Å². The van der Waals surface area contributed by atoms with E-state index in [0.717, 1.165) is 12.8 Å². The molecular formula is C16H23F2NO3S. The molecule has 4 nitrogen and oxygen atoms in total. The summed E-state index contributed by atoms with van der Waals surface area (Å²) in [5.74, 6) is -2.94. The predicted octanol–water partition coefficient (Wildman–Crippen LogP) is 3.32. The van der Waals surface area contributed by atoms with E-state index in [1.165, 1.54) is 12.1 Å². The third-order valence-electron chi connectivity index (χ3n) is 3.85. The third kappa shape index (κ3) is 4.41. The number of anilines is 1. The lowest BCUT2D eigenvalue weighted by atomic mass is 10.1. The van der Waals surface area contributed by atoms with Crippen molar-refractivity contribution in [3.05, 3.63) is 24.3 Å². The molecule has 1 aromatic carbocycles. The number of ether oxygens (including phenoxy) is 1.